The van der Waals surface area contributed by atoms with Gasteiger partial charge < -0.3 is 16.4 Å². The Kier molecular flexibility index (Phi) is 7.38. The van der Waals surface area contributed by atoms with E-state index in [1.165, 1.54) is 25.1 Å². The molecule has 2 unspecified atom stereocenters. The fourth-order valence-electron chi connectivity index (χ4n) is 4.38. The minimum Gasteiger partial charge on any atom is -0.349 e. The van der Waals surface area contributed by atoms with Crippen LogP contribution in [0, 0.1) is 11.8 Å². The summed E-state index contributed by atoms with van der Waals surface area (Å²) in [5, 5.41) is 6.08. The standard InChI is InChI=1S/C19H27N3O2S.ClH/c1-11(23)21-16-7-6-14(10-17(16)25-2)19(24)22-18-12-4-3-5-13(18)9-15(20)8-12;/h6-7,10,12-13,15,18H,3-5,8-9,20H2,1-2H3,(H,21,23)(H,22,24);1H. The van der Waals surface area contributed by atoms with Gasteiger partial charge in [0.1, 0.15) is 0 Å². The SMILES string of the molecule is CSc1cc(C(=O)NC2C3CCCC2CC(N)C3)ccc1NC(C)=O.Cl. The van der Waals surface area contributed by atoms with Gasteiger partial charge in [-0.1, -0.05) is 6.42 Å². The number of fused-ring (bicyclic) bond motifs is 2. The van der Waals surface area contributed by atoms with Crippen molar-refractivity contribution < 1.29 is 9.59 Å². The summed E-state index contributed by atoms with van der Waals surface area (Å²) < 4.78 is 0. The number of nitrogens with two attached hydrogens (primary N) is 1. The maximum Gasteiger partial charge on any atom is 0.251 e. The Morgan fingerprint density at radius 1 is 1.19 bits per heavy atom. The fraction of sp³-hybridized carbons (Fsp3) is 0.579. The highest BCUT2D eigenvalue weighted by Crippen LogP contribution is 2.39. The van der Waals surface area contributed by atoms with Crippen molar-refractivity contribution in [2.75, 3.05) is 11.6 Å². The van der Waals surface area contributed by atoms with Crippen LogP contribution in [-0.4, -0.2) is 30.2 Å². The van der Waals surface area contributed by atoms with Gasteiger partial charge in [0.2, 0.25) is 5.91 Å². The molecule has 0 radical (unpaired) electrons. The second kappa shape index (κ2) is 9.11. The van der Waals surface area contributed by atoms with Crippen molar-refractivity contribution in [3.05, 3.63) is 23.8 Å². The first-order chi connectivity index (χ1) is 12.0. The van der Waals surface area contributed by atoms with Crippen LogP contribution in [-0.2, 0) is 4.79 Å². The first kappa shape index (κ1) is 21.1. The minimum absolute atomic E-state index is 0. The first-order valence-electron chi connectivity index (χ1n) is 9.00. The molecule has 0 aromatic heterocycles. The Balaban J connectivity index is 0.00000243. The van der Waals surface area contributed by atoms with E-state index in [0.29, 0.717) is 17.4 Å². The van der Waals surface area contributed by atoms with E-state index >= 15 is 0 Å². The van der Waals surface area contributed by atoms with E-state index in [-0.39, 0.29) is 36.3 Å². The average molecular weight is 398 g/mol. The Labute approximate surface area is 165 Å². The molecule has 3 rings (SSSR count). The molecule has 0 heterocycles. The quantitative estimate of drug-likeness (QED) is 0.679. The molecule has 2 amide bonds. The van der Waals surface area contributed by atoms with Gasteiger partial charge in [-0.3, -0.25) is 9.59 Å². The summed E-state index contributed by atoms with van der Waals surface area (Å²) >= 11 is 1.52. The summed E-state index contributed by atoms with van der Waals surface area (Å²) in [5.74, 6) is 0.871. The second-order valence-corrected chi connectivity index (χ2v) is 8.13. The molecule has 2 aliphatic rings. The summed E-state index contributed by atoms with van der Waals surface area (Å²) in [6, 6.07) is 5.97. The molecule has 4 N–H and O–H groups in total. The molecule has 2 bridgehead atoms. The molecule has 26 heavy (non-hydrogen) atoms. The molecule has 2 fully saturated rings. The lowest BCUT2D eigenvalue weighted by molar-refractivity contribution is -0.114. The predicted octanol–water partition coefficient (Wildman–Crippen LogP) is 3.42. The lowest BCUT2D eigenvalue weighted by atomic mass is 9.67. The van der Waals surface area contributed by atoms with E-state index in [2.05, 4.69) is 10.6 Å². The maximum atomic E-state index is 12.8. The third-order valence-electron chi connectivity index (χ3n) is 5.45. The molecule has 0 aliphatic heterocycles. The third kappa shape index (κ3) is 4.72. The highest BCUT2D eigenvalue weighted by Gasteiger charge is 2.39. The summed E-state index contributed by atoms with van der Waals surface area (Å²) in [6.45, 7) is 1.48. The van der Waals surface area contributed by atoms with E-state index in [1.807, 2.05) is 12.3 Å². The average Bonchev–Trinajstić information content (AvgIpc) is 2.55. The summed E-state index contributed by atoms with van der Waals surface area (Å²) in [7, 11) is 0. The van der Waals surface area contributed by atoms with Gasteiger partial charge in [0.15, 0.2) is 0 Å². The first-order valence-corrected chi connectivity index (χ1v) is 10.2. The predicted molar refractivity (Wildman–Crippen MR) is 109 cm³/mol. The van der Waals surface area contributed by atoms with Crippen molar-refractivity contribution in [1.82, 2.24) is 5.32 Å². The smallest absolute Gasteiger partial charge is 0.251 e. The third-order valence-corrected chi connectivity index (χ3v) is 6.23. The number of anilines is 1. The number of hydrogen-bond donors (Lipinski definition) is 3. The monoisotopic (exact) mass is 397 g/mol. The number of amides is 2. The maximum absolute atomic E-state index is 12.8. The van der Waals surface area contributed by atoms with E-state index in [9.17, 15) is 9.59 Å². The van der Waals surface area contributed by atoms with Gasteiger partial charge in [-0.15, -0.1) is 24.2 Å². The van der Waals surface area contributed by atoms with E-state index < -0.39 is 0 Å². The number of carbonyl (C=O) groups excluding carboxylic acids is 2. The number of nitrogens with one attached hydrogen (secondary N) is 2. The molecular weight excluding hydrogens is 370 g/mol. The highest BCUT2D eigenvalue weighted by atomic mass is 35.5. The lowest BCUT2D eigenvalue weighted by Crippen LogP contribution is -2.53. The minimum atomic E-state index is -0.112. The van der Waals surface area contributed by atoms with Gasteiger partial charge in [0, 0.05) is 29.5 Å². The van der Waals surface area contributed by atoms with E-state index in [0.717, 1.165) is 36.3 Å². The molecule has 1 aromatic rings. The van der Waals surface area contributed by atoms with Crippen molar-refractivity contribution in [2.45, 2.75) is 56.0 Å². The van der Waals surface area contributed by atoms with Gasteiger partial charge in [0.05, 0.1) is 5.69 Å². The number of benzene rings is 1. The van der Waals surface area contributed by atoms with Crippen molar-refractivity contribution in [3.63, 3.8) is 0 Å². The van der Waals surface area contributed by atoms with Crippen LogP contribution in [0.1, 0.15) is 49.4 Å². The van der Waals surface area contributed by atoms with Crippen molar-refractivity contribution >= 4 is 41.7 Å². The number of hydrogen-bond acceptors (Lipinski definition) is 4. The molecule has 5 nitrogen and oxygen atoms in total. The molecule has 2 saturated carbocycles. The van der Waals surface area contributed by atoms with Gasteiger partial charge in [0.25, 0.3) is 5.91 Å². The van der Waals surface area contributed by atoms with Gasteiger partial charge >= 0.3 is 0 Å². The summed E-state index contributed by atoms with van der Waals surface area (Å²) in [5.41, 5.74) is 7.57. The van der Waals surface area contributed by atoms with Crippen LogP contribution in [0.4, 0.5) is 5.69 Å². The van der Waals surface area contributed by atoms with E-state index in [4.69, 9.17) is 5.73 Å². The second-order valence-electron chi connectivity index (χ2n) is 7.28. The van der Waals surface area contributed by atoms with Gasteiger partial charge in [-0.05, 0) is 62.0 Å². The molecule has 0 saturated heterocycles. The zero-order valence-electron chi connectivity index (χ0n) is 15.3. The Morgan fingerprint density at radius 2 is 1.85 bits per heavy atom. The van der Waals surface area contributed by atoms with E-state index in [1.54, 1.807) is 12.1 Å². The number of rotatable bonds is 4. The normalized spacial score (nSPS) is 27.2. The molecule has 2 aliphatic carbocycles. The molecule has 144 valence electrons. The summed E-state index contributed by atoms with van der Waals surface area (Å²) in [4.78, 5) is 25.0. The van der Waals surface area contributed by atoms with Crippen molar-refractivity contribution in [3.8, 4) is 0 Å². The lowest BCUT2D eigenvalue weighted by Gasteiger charge is -2.45. The molecule has 2 atom stereocenters. The molecule has 7 heteroatoms. The zero-order chi connectivity index (χ0) is 18.0. The molecular formula is C19H28ClN3O2S. The highest BCUT2D eigenvalue weighted by molar-refractivity contribution is 7.98. The largest absolute Gasteiger partial charge is 0.349 e. The van der Waals surface area contributed by atoms with Crippen LogP contribution in [0.25, 0.3) is 0 Å². The topological polar surface area (TPSA) is 84.2 Å². The van der Waals surface area contributed by atoms with Crippen LogP contribution in [0.3, 0.4) is 0 Å². The Bertz CT molecular complexity index is 656. The van der Waals surface area contributed by atoms with Crippen molar-refractivity contribution in [2.24, 2.45) is 17.6 Å². The Hall–Kier alpha value is -1.24. The fourth-order valence-corrected chi connectivity index (χ4v) is 4.97. The molecule has 0 spiro atoms. The van der Waals surface area contributed by atoms with Crippen LogP contribution < -0.4 is 16.4 Å². The van der Waals surface area contributed by atoms with Crippen LogP contribution in [0.15, 0.2) is 23.1 Å². The van der Waals surface area contributed by atoms with Gasteiger partial charge in [-0.25, -0.2) is 0 Å². The Morgan fingerprint density at radius 3 is 2.42 bits per heavy atom. The van der Waals surface area contributed by atoms with Crippen LogP contribution in [0.2, 0.25) is 0 Å². The molecule has 1 aromatic carbocycles. The van der Waals surface area contributed by atoms with Gasteiger partial charge in [-0.2, -0.15) is 0 Å². The van der Waals surface area contributed by atoms with Crippen LogP contribution >= 0.6 is 24.2 Å². The zero-order valence-corrected chi connectivity index (χ0v) is 16.9. The number of carbonyl (C=O) groups is 2. The van der Waals surface area contributed by atoms with Crippen LogP contribution in [0.5, 0.6) is 0 Å². The number of halogens is 1. The number of thioether (sulfide) groups is 1. The summed E-state index contributed by atoms with van der Waals surface area (Å²) in [6.07, 6.45) is 7.53. The van der Waals surface area contributed by atoms with Crippen molar-refractivity contribution in [1.29, 1.82) is 0 Å².